The van der Waals surface area contributed by atoms with Gasteiger partial charge >= 0.3 is 0 Å². The van der Waals surface area contributed by atoms with Crippen molar-refractivity contribution in [2.24, 2.45) is 5.92 Å². The zero-order valence-corrected chi connectivity index (χ0v) is 24.3. The van der Waals surface area contributed by atoms with Gasteiger partial charge in [-0.1, -0.05) is 50.2 Å². The largest absolute Gasteiger partial charge is 0.376 e. The van der Waals surface area contributed by atoms with Crippen LogP contribution in [0.5, 0.6) is 0 Å². The van der Waals surface area contributed by atoms with Crippen molar-refractivity contribution in [3.63, 3.8) is 0 Å². The highest BCUT2D eigenvalue weighted by Gasteiger charge is 2.35. The molecule has 218 valence electrons. The molecule has 4 aromatic rings. The van der Waals surface area contributed by atoms with Gasteiger partial charge in [0.1, 0.15) is 0 Å². The molecule has 0 aliphatic carbocycles. The highest BCUT2D eigenvalue weighted by Crippen LogP contribution is 2.39. The molecule has 2 aliphatic heterocycles. The van der Waals surface area contributed by atoms with Crippen LogP contribution in [0.15, 0.2) is 60.9 Å². The first-order valence-corrected chi connectivity index (χ1v) is 15.2. The third-order valence-corrected chi connectivity index (χ3v) is 7.16. The minimum atomic E-state index is -3.67. The molecule has 2 aliphatic rings. The Labute approximate surface area is 239 Å². The van der Waals surface area contributed by atoms with Gasteiger partial charge in [-0.25, -0.2) is 0 Å². The Hall–Kier alpha value is -3.77. The molecule has 10 nitrogen and oxygen atoms in total. The van der Waals surface area contributed by atoms with Crippen LogP contribution in [-0.2, 0) is 37.5 Å². The van der Waals surface area contributed by atoms with Gasteiger partial charge in [-0.3, -0.25) is 19.5 Å². The van der Waals surface area contributed by atoms with Crippen LogP contribution in [0.25, 0.3) is 33.0 Å². The fourth-order valence-corrected chi connectivity index (χ4v) is 5.63. The van der Waals surface area contributed by atoms with Gasteiger partial charge in [0.25, 0.3) is 21.9 Å². The molecule has 4 heterocycles. The molecule has 2 amide bonds. The highest BCUT2D eigenvalue weighted by atomic mass is 32.2. The third kappa shape index (κ3) is 6.43. The first-order valence-electron chi connectivity index (χ1n) is 13.3. The van der Waals surface area contributed by atoms with E-state index in [1.807, 2.05) is 48.8 Å². The van der Waals surface area contributed by atoms with Crippen molar-refractivity contribution in [2.45, 2.75) is 45.9 Å². The number of ether oxygens (including phenoxy) is 1. The average molecular weight is 581 g/mol. The standard InChI is InChI=1S/C29H29N3O3.CH4O3S.H3N/c1-18(2)15-19-11-12-31-16-22(20-7-3-5-9-24(20)31)26-27(29(34)30-28(26)33)23-17-32(13-14-35-19)25-10-6-4-8-21(23)25;1-5(2,3)4;/h3-10,16-19H,11-15H2,1-2H3,(H,30,33,34);1H3,(H,2,3,4);1H3/t19-;;/m0../s1. The van der Waals surface area contributed by atoms with Crippen LogP contribution in [0.4, 0.5) is 0 Å². The molecule has 4 bridgehead atoms. The molecule has 0 fully saturated rings. The summed E-state index contributed by atoms with van der Waals surface area (Å²) in [5.41, 5.74) is 4.58. The maximum absolute atomic E-state index is 13.2. The van der Waals surface area contributed by atoms with Crippen LogP contribution in [0, 0.1) is 5.92 Å². The topological polar surface area (TPSA) is 155 Å². The summed E-state index contributed by atoms with van der Waals surface area (Å²) in [4.78, 5) is 26.4. The van der Waals surface area contributed by atoms with E-state index in [1.165, 1.54) is 0 Å². The summed E-state index contributed by atoms with van der Waals surface area (Å²) in [7, 11) is -3.67. The van der Waals surface area contributed by atoms with E-state index in [2.05, 4.69) is 40.4 Å². The van der Waals surface area contributed by atoms with E-state index in [4.69, 9.17) is 9.29 Å². The van der Waals surface area contributed by atoms with Gasteiger partial charge < -0.3 is 20.0 Å². The van der Waals surface area contributed by atoms with Crippen molar-refractivity contribution in [1.29, 1.82) is 0 Å². The Kier molecular flexibility index (Phi) is 8.83. The quantitative estimate of drug-likeness (QED) is 0.230. The number of hydrogen-bond donors (Lipinski definition) is 3. The monoisotopic (exact) mass is 580 g/mol. The molecule has 0 radical (unpaired) electrons. The molecular weight excluding hydrogens is 544 g/mol. The second-order valence-electron chi connectivity index (χ2n) is 10.7. The Morgan fingerprint density at radius 2 is 1.37 bits per heavy atom. The normalized spacial score (nSPS) is 17.5. The van der Waals surface area contributed by atoms with Crippen LogP contribution in [0.3, 0.4) is 0 Å². The zero-order valence-electron chi connectivity index (χ0n) is 23.5. The average Bonchev–Trinajstić information content (AvgIpc) is 3.51. The smallest absolute Gasteiger partial charge is 0.261 e. The van der Waals surface area contributed by atoms with E-state index >= 15 is 0 Å². The molecule has 1 atom stereocenters. The summed E-state index contributed by atoms with van der Waals surface area (Å²) in [6.07, 6.45) is 6.78. The summed E-state index contributed by atoms with van der Waals surface area (Å²) in [6.45, 7) is 6.51. The second kappa shape index (κ2) is 12.0. The first kappa shape index (κ1) is 30.2. The minimum absolute atomic E-state index is 0. The molecule has 2 aromatic carbocycles. The molecule has 0 saturated heterocycles. The van der Waals surface area contributed by atoms with E-state index in [0.29, 0.717) is 36.5 Å². The summed E-state index contributed by atoms with van der Waals surface area (Å²) in [5.74, 6) is -0.140. The summed E-state index contributed by atoms with van der Waals surface area (Å²) in [5, 5.41) is 4.51. The molecule has 41 heavy (non-hydrogen) atoms. The fraction of sp³-hybridized carbons (Fsp3) is 0.333. The molecule has 6 rings (SSSR count). The second-order valence-corrected chi connectivity index (χ2v) is 12.1. The van der Waals surface area contributed by atoms with Crippen molar-refractivity contribution < 1.29 is 27.3 Å². The number of rotatable bonds is 2. The molecule has 11 heteroatoms. The van der Waals surface area contributed by atoms with Crippen molar-refractivity contribution >= 4 is 54.9 Å². The van der Waals surface area contributed by atoms with Crippen LogP contribution in [0.1, 0.15) is 37.8 Å². The van der Waals surface area contributed by atoms with Gasteiger partial charge in [0.2, 0.25) is 0 Å². The molecule has 2 aromatic heterocycles. The van der Waals surface area contributed by atoms with Crippen molar-refractivity contribution in [3.05, 3.63) is 72.1 Å². The van der Waals surface area contributed by atoms with Crippen LogP contribution in [0.2, 0.25) is 0 Å². The minimum Gasteiger partial charge on any atom is -0.376 e. The number of carbonyl (C=O) groups excluding carboxylic acids is 2. The Balaban J connectivity index is 0.000000596. The van der Waals surface area contributed by atoms with Crippen LogP contribution >= 0.6 is 0 Å². The van der Waals surface area contributed by atoms with E-state index in [1.54, 1.807) is 0 Å². The van der Waals surface area contributed by atoms with E-state index in [0.717, 1.165) is 52.3 Å². The summed E-state index contributed by atoms with van der Waals surface area (Å²) < 4.78 is 36.6. The fourth-order valence-electron chi connectivity index (χ4n) is 5.63. The van der Waals surface area contributed by atoms with Gasteiger partial charge in [-0.2, -0.15) is 8.42 Å². The number of aryl methyl sites for hydroxylation is 1. The lowest BCUT2D eigenvalue weighted by Gasteiger charge is -2.21. The number of benzene rings is 2. The van der Waals surface area contributed by atoms with Crippen LogP contribution in [-0.4, -0.2) is 52.9 Å². The predicted octanol–water partition coefficient (Wildman–Crippen LogP) is 4.66. The predicted molar refractivity (Wildman–Crippen MR) is 160 cm³/mol. The lowest BCUT2D eigenvalue weighted by atomic mass is 9.95. The number of hydrogen-bond acceptors (Lipinski definition) is 6. The van der Waals surface area contributed by atoms with Gasteiger partial charge in [0.05, 0.1) is 30.1 Å². The van der Waals surface area contributed by atoms with Gasteiger partial charge in [-0.05, 0) is 30.9 Å². The number of imide groups is 1. The summed E-state index contributed by atoms with van der Waals surface area (Å²) in [6, 6.07) is 16.2. The van der Waals surface area contributed by atoms with Crippen molar-refractivity contribution in [3.8, 4) is 0 Å². The SMILES string of the molecule is CC(C)C[C@@H]1CCn2cc(c3ccccc32)C2=C(C(=O)NC2=O)c2cn(c3ccccc23)CCO1.CS(=O)(=O)O.N. The number of fused-ring (bicyclic) bond motifs is 12. The van der Waals surface area contributed by atoms with E-state index < -0.39 is 10.1 Å². The van der Waals surface area contributed by atoms with Crippen molar-refractivity contribution in [1.82, 2.24) is 20.6 Å². The molecule has 5 N–H and O–H groups in total. The molecule has 0 spiro atoms. The Morgan fingerprint density at radius 3 is 1.85 bits per heavy atom. The number of nitrogens with zero attached hydrogens (tertiary/aromatic N) is 2. The van der Waals surface area contributed by atoms with E-state index in [9.17, 15) is 18.0 Å². The number of nitrogens with one attached hydrogen (secondary N) is 1. The molecule has 0 saturated carbocycles. The molecule has 0 unspecified atom stereocenters. The highest BCUT2D eigenvalue weighted by molar-refractivity contribution is 7.85. The van der Waals surface area contributed by atoms with Gasteiger partial charge in [0, 0.05) is 58.4 Å². The Morgan fingerprint density at radius 1 is 0.902 bits per heavy atom. The van der Waals surface area contributed by atoms with Gasteiger partial charge in [0.15, 0.2) is 0 Å². The van der Waals surface area contributed by atoms with E-state index in [-0.39, 0.29) is 24.1 Å². The van der Waals surface area contributed by atoms with Crippen molar-refractivity contribution in [2.75, 3.05) is 12.9 Å². The lowest BCUT2D eigenvalue weighted by molar-refractivity contribution is -0.122. The number of amides is 2. The maximum Gasteiger partial charge on any atom is 0.261 e. The molecular formula is C30H36N4O6S. The summed E-state index contributed by atoms with van der Waals surface area (Å²) >= 11 is 0. The van der Waals surface area contributed by atoms with Gasteiger partial charge in [-0.15, -0.1) is 0 Å². The maximum atomic E-state index is 13.2. The lowest BCUT2D eigenvalue weighted by Crippen LogP contribution is -2.22. The Bertz CT molecular complexity index is 1740. The number of aromatic nitrogens is 2. The third-order valence-electron chi connectivity index (χ3n) is 7.16. The first-order chi connectivity index (χ1) is 19.0. The zero-order chi connectivity index (χ0) is 28.6. The number of para-hydroxylation sites is 2. The van der Waals surface area contributed by atoms with Crippen LogP contribution < -0.4 is 11.5 Å². The number of carbonyl (C=O) groups is 2.